The molecular formula is C18H18N2O. The Morgan fingerprint density at radius 3 is 2.81 bits per heavy atom. The van der Waals surface area contributed by atoms with Gasteiger partial charge in [0.2, 0.25) is 0 Å². The first-order valence-electron chi connectivity index (χ1n) is 7.39. The van der Waals surface area contributed by atoms with Crippen molar-refractivity contribution in [3.63, 3.8) is 0 Å². The van der Waals surface area contributed by atoms with Gasteiger partial charge in [0, 0.05) is 35.2 Å². The number of phenolic OH excluding ortho intramolecular Hbond substituents is 1. The number of aromatic hydroxyl groups is 1. The molecule has 0 spiro atoms. The normalized spacial score (nSPS) is 17.2. The first-order valence-corrected chi connectivity index (χ1v) is 7.39. The third-order valence-corrected chi connectivity index (χ3v) is 4.37. The summed E-state index contributed by atoms with van der Waals surface area (Å²) in [5, 5.41) is 15.0. The molecule has 3 heteroatoms. The Labute approximate surface area is 123 Å². The van der Waals surface area contributed by atoms with Gasteiger partial charge in [-0.25, -0.2) is 0 Å². The summed E-state index contributed by atoms with van der Waals surface area (Å²) >= 11 is 0. The zero-order valence-corrected chi connectivity index (χ0v) is 11.8. The molecule has 0 fully saturated rings. The third kappa shape index (κ3) is 2.20. The Kier molecular flexibility index (Phi) is 2.93. The van der Waals surface area contributed by atoms with Crippen molar-refractivity contribution in [2.75, 3.05) is 0 Å². The lowest BCUT2D eigenvalue weighted by Gasteiger charge is -2.24. The van der Waals surface area contributed by atoms with Crippen LogP contribution >= 0.6 is 0 Å². The molecule has 3 aromatic rings. The van der Waals surface area contributed by atoms with Gasteiger partial charge in [-0.15, -0.1) is 0 Å². The van der Waals surface area contributed by atoms with Gasteiger partial charge in [0.15, 0.2) is 0 Å². The van der Waals surface area contributed by atoms with Crippen LogP contribution in [0.25, 0.3) is 10.9 Å². The Morgan fingerprint density at radius 2 is 1.95 bits per heavy atom. The monoisotopic (exact) mass is 278 g/mol. The maximum absolute atomic E-state index is 10.1. The Hall–Kier alpha value is -2.26. The van der Waals surface area contributed by atoms with Crippen LogP contribution in [0.5, 0.6) is 5.75 Å². The highest BCUT2D eigenvalue weighted by molar-refractivity contribution is 5.89. The topological polar surface area (TPSA) is 48.0 Å². The van der Waals surface area contributed by atoms with E-state index in [1.807, 2.05) is 12.1 Å². The molecule has 106 valence electrons. The number of aromatic amines is 1. The molecule has 0 aliphatic heterocycles. The quantitative estimate of drug-likeness (QED) is 0.689. The van der Waals surface area contributed by atoms with E-state index in [1.165, 1.54) is 16.5 Å². The van der Waals surface area contributed by atoms with E-state index in [9.17, 15) is 5.11 Å². The molecule has 3 N–H and O–H groups in total. The number of hydrogen-bond acceptors (Lipinski definition) is 2. The van der Waals surface area contributed by atoms with Crippen LogP contribution in [-0.4, -0.2) is 16.1 Å². The molecule has 1 aliphatic rings. The van der Waals surface area contributed by atoms with E-state index in [-0.39, 0.29) is 0 Å². The second-order valence-corrected chi connectivity index (χ2v) is 5.77. The highest BCUT2D eigenvalue weighted by Crippen LogP contribution is 2.35. The van der Waals surface area contributed by atoms with Gasteiger partial charge < -0.3 is 15.4 Å². The van der Waals surface area contributed by atoms with Crippen LogP contribution in [-0.2, 0) is 19.4 Å². The fourth-order valence-electron chi connectivity index (χ4n) is 3.31. The Balaban J connectivity index is 1.57. The summed E-state index contributed by atoms with van der Waals surface area (Å²) in [5.41, 5.74) is 4.78. The molecule has 1 atom stereocenters. The maximum Gasteiger partial charge on any atom is 0.119 e. The van der Waals surface area contributed by atoms with Crippen LogP contribution in [0.3, 0.4) is 0 Å². The number of aromatic nitrogens is 1. The van der Waals surface area contributed by atoms with Gasteiger partial charge in [0.05, 0.1) is 0 Å². The van der Waals surface area contributed by atoms with Crippen molar-refractivity contribution in [1.29, 1.82) is 0 Å². The van der Waals surface area contributed by atoms with Crippen molar-refractivity contribution >= 4 is 10.9 Å². The van der Waals surface area contributed by atoms with Crippen molar-refractivity contribution < 1.29 is 5.11 Å². The molecule has 4 rings (SSSR count). The molecule has 0 bridgehead atoms. The van der Waals surface area contributed by atoms with Gasteiger partial charge in [-0.1, -0.05) is 30.3 Å². The zero-order chi connectivity index (χ0) is 14.2. The van der Waals surface area contributed by atoms with Gasteiger partial charge in [0.25, 0.3) is 0 Å². The lowest BCUT2D eigenvalue weighted by molar-refractivity contribution is 0.450. The maximum atomic E-state index is 10.1. The minimum absolute atomic E-state index is 0.366. The van der Waals surface area contributed by atoms with E-state index < -0.39 is 0 Å². The lowest BCUT2D eigenvalue weighted by Crippen LogP contribution is -2.34. The third-order valence-electron chi connectivity index (χ3n) is 4.37. The lowest BCUT2D eigenvalue weighted by atomic mass is 9.88. The molecular weight excluding hydrogens is 260 g/mol. The standard InChI is InChI=1S/C18H18N2O/c21-17-7-6-16-18-13(11-20-16)8-14(9-15(17)18)19-10-12-4-2-1-3-5-12/h1-7,11,14,19-21H,8-10H2. The average molecular weight is 278 g/mol. The van der Waals surface area contributed by atoms with Crippen molar-refractivity contribution in [3.05, 3.63) is 65.4 Å². The summed E-state index contributed by atoms with van der Waals surface area (Å²) in [4.78, 5) is 3.30. The van der Waals surface area contributed by atoms with Crippen molar-refractivity contribution in [3.8, 4) is 5.75 Å². The van der Waals surface area contributed by atoms with Crippen molar-refractivity contribution in [2.45, 2.75) is 25.4 Å². The molecule has 0 saturated heterocycles. The Bertz CT molecular complexity index is 777. The highest BCUT2D eigenvalue weighted by Gasteiger charge is 2.23. The first kappa shape index (κ1) is 12.5. The van der Waals surface area contributed by atoms with Crippen LogP contribution in [0.15, 0.2) is 48.7 Å². The molecule has 1 aliphatic carbocycles. The molecule has 1 aromatic heterocycles. The number of phenols is 1. The van der Waals surface area contributed by atoms with Crippen LogP contribution in [0, 0.1) is 0 Å². The second-order valence-electron chi connectivity index (χ2n) is 5.77. The largest absolute Gasteiger partial charge is 0.508 e. The van der Waals surface area contributed by atoms with E-state index >= 15 is 0 Å². The van der Waals surface area contributed by atoms with Gasteiger partial charge in [-0.2, -0.15) is 0 Å². The van der Waals surface area contributed by atoms with Crippen LogP contribution in [0.1, 0.15) is 16.7 Å². The van der Waals surface area contributed by atoms with Gasteiger partial charge >= 0.3 is 0 Å². The number of H-pyrrole nitrogens is 1. The van der Waals surface area contributed by atoms with Gasteiger partial charge in [-0.05, 0) is 36.1 Å². The molecule has 21 heavy (non-hydrogen) atoms. The fourth-order valence-corrected chi connectivity index (χ4v) is 3.31. The molecule has 1 unspecified atom stereocenters. The molecule has 1 heterocycles. The molecule has 0 amide bonds. The number of hydrogen-bond donors (Lipinski definition) is 3. The van der Waals surface area contributed by atoms with Crippen molar-refractivity contribution in [2.24, 2.45) is 0 Å². The van der Waals surface area contributed by atoms with E-state index in [0.717, 1.165) is 30.5 Å². The summed E-state index contributed by atoms with van der Waals surface area (Å²) in [5.74, 6) is 0.412. The van der Waals surface area contributed by atoms with Crippen LogP contribution < -0.4 is 5.32 Å². The zero-order valence-electron chi connectivity index (χ0n) is 11.8. The summed E-state index contributed by atoms with van der Waals surface area (Å²) in [6, 6.07) is 14.5. The number of nitrogens with one attached hydrogen (secondary N) is 2. The number of benzene rings is 2. The minimum Gasteiger partial charge on any atom is -0.508 e. The Morgan fingerprint density at radius 1 is 1.10 bits per heavy atom. The SMILES string of the molecule is Oc1ccc2[nH]cc3c2c1CC(NCc1ccccc1)C3. The van der Waals surface area contributed by atoms with E-state index in [2.05, 4.69) is 40.8 Å². The predicted molar refractivity (Wildman–Crippen MR) is 84.4 cm³/mol. The first-order chi connectivity index (χ1) is 10.3. The summed E-state index contributed by atoms with van der Waals surface area (Å²) < 4.78 is 0. The highest BCUT2D eigenvalue weighted by atomic mass is 16.3. The number of rotatable bonds is 3. The summed E-state index contributed by atoms with van der Waals surface area (Å²) in [6.07, 6.45) is 3.95. The molecule has 0 radical (unpaired) electrons. The van der Waals surface area contributed by atoms with E-state index in [1.54, 1.807) is 6.07 Å². The average Bonchev–Trinajstić information content (AvgIpc) is 2.94. The second kappa shape index (κ2) is 4.93. The van der Waals surface area contributed by atoms with Gasteiger partial charge in [0.1, 0.15) is 5.75 Å². The van der Waals surface area contributed by atoms with Crippen LogP contribution in [0.2, 0.25) is 0 Å². The minimum atomic E-state index is 0.366. The smallest absolute Gasteiger partial charge is 0.119 e. The van der Waals surface area contributed by atoms with Crippen LogP contribution in [0.4, 0.5) is 0 Å². The molecule has 2 aromatic carbocycles. The van der Waals surface area contributed by atoms with E-state index in [4.69, 9.17) is 0 Å². The molecule has 3 nitrogen and oxygen atoms in total. The van der Waals surface area contributed by atoms with Crippen molar-refractivity contribution in [1.82, 2.24) is 10.3 Å². The van der Waals surface area contributed by atoms with E-state index in [0.29, 0.717) is 11.8 Å². The summed E-state index contributed by atoms with van der Waals surface area (Å²) in [7, 11) is 0. The van der Waals surface area contributed by atoms with Gasteiger partial charge in [-0.3, -0.25) is 0 Å². The molecule has 0 saturated carbocycles. The predicted octanol–water partition coefficient (Wildman–Crippen LogP) is 3.13. The fraction of sp³-hybridized carbons (Fsp3) is 0.222. The summed E-state index contributed by atoms with van der Waals surface area (Å²) in [6.45, 7) is 0.863.